The summed E-state index contributed by atoms with van der Waals surface area (Å²) in [6, 6.07) is 5.87. The van der Waals surface area contributed by atoms with Crippen LogP contribution in [-0.4, -0.2) is 76.5 Å². The Kier molecular flexibility index (Phi) is 5.97. The van der Waals surface area contributed by atoms with Crippen molar-refractivity contribution in [1.29, 1.82) is 0 Å². The number of benzene rings is 1. The zero-order chi connectivity index (χ0) is 23.9. The number of hydrogen-bond donors (Lipinski definition) is 2. The van der Waals surface area contributed by atoms with Crippen LogP contribution in [0.3, 0.4) is 0 Å². The fourth-order valence-electron chi connectivity index (χ4n) is 4.30. The highest BCUT2D eigenvalue weighted by atomic mass is 19.4. The van der Waals surface area contributed by atoms with E-state index in [1.165, 1.54) is 0 Å². The average Bonchev–Trinajstić information content (AvgIpc) is 3.62. The molecule has 2 fully saturated rings. The van der Waals surface area contributed by atoms with Crippen LogP contribution in [0.2, 0.25) is 0 Å². The van der Waals surface area contributed by atoms with Crippen LogP contribution in [0.1, 0.15) is 29.5 Å². The lowest BCUT2D eigenvalue weighted by Gasteiger charge is -2.38. The normalized spacial score (nSPS) is 19.1. The maximum Gasteiger partial charge on any atom is 0.421 e. The van der Waals surface area contributed by atoms with Gasteiger partial charge in [0.15, 0.2) is 0 Å². The van der Waals surface area contributed by atoms with Gasteiger partial charge in [0.2, 0.25) is 5.95 Å². The van der Waals surface area contributed by atoms with E-state index >= 15 is 0 Å². The van der Waals surface area contributed by atoms with Crippen LogP contribution in [0, 0.1) is 0 Å². The van der Waals surface area contributed by atoms with Gasteiger partial charge < -0.3 is 25.3 Å². The summed E-state index contributed by atoms with van der Waals surface area (Å²) in [6.45, 7) is 4.43. The van der Waals surface area contributed by atoms with Gasteiger partial charge in [0.1, 0.15) is 11.4 Å². The molecule has 1 saturated carbocycles. The third kappa shape index (κ3) is 5.03. The van der Waals surface area contributed by atoms with Crippen molar-refractivity contribution in [2.75, 3.05) is 50.4 Å². The second kappa shape index (κ2) is 8.94. The molecule has 182 valence electrons. The van der Waals surface area contributed by atoms with Crippen LogP contribution < -0.4 is 10.6 Å². The van der Waals surface area contributed by atoms with E-state index in [-0.39, 0.29) is 23.8 Å². The number of piperazine rings is 1. The van der Waals surface area contributed by atoms with Crippen LogP contribution >= 0.6 is 0 Å². The molecular weight excluding hydrogens is 447 g/mol. The van der Waals surface area contributed by atoms with E-state index in [0.29, 0.717) is 25.2 Å². The van der Waals surface area contributed by atoms with E-state index in [9.17, 15) is 18.0 Å². The number of hydrogen-bond acceptors (Lipinski definition) is 6. The third-order valence-corrected chi connectivity index (χ3v) is 6.53. The van der Waals surface area contributed by atoms with Crippen molar-refractivity contribution in [1.82, 2.24) is 24.7 Å². The summed E-state index contributed by atoms with van der Waals surface area (Å²) in [6.07, 6.45) is -1.31. The molecule has 5 rings (SSSR count). The van der Waals surface area contributed by atoms with E-state index in [2.05, 4.69) is 32.5 Å². The van der Waals surface area contributed by atoms with Crippen molar-refractivity contribution >= 4 is 23.5 Å². The van der Waals surface area contributed by atoms with Crippen molar-refractivity contribution in [3.63, 3.8) is 0 Å². The Balaban J connectivity index is 1.27. The zero-order valence-electron chi connectivity index (χ0n) is 19.0. The Hall–Kier alpha value is -3.08. The summed E-state index contributed by atoms with van der Waals surface area (Å²) < 4.78 is 40.0. The number of anilines is 3. The Morgan fingerprint density at radius 3 is 2.53 bits per heavy atom. The third-order valence-electron chi connectivity index (χ3n) is 6.53. The number of halogens is 3. The number of carbonyl (C=O) groups is 1. The van der Waals surface area contributed by atoms with E-state index in [4.69, 9.17) is 0 Å². The van der Waals surface area contributed by atoms with Gasteiger partial charge in [0, 0.05) is 57.2 Å². The van der Waals surface area contributed by atoms with Crippen LogP contribution in [-0.2, 0) is 19.1 Å². The number of amides is 2. The van der Waals surface area contributed by atoms with Gasteiger partial charge in [-0.25, -0.2) is 9.78 Å². The van der Waals surface area contributed by atoms with Gasteiger partial charge in [-0.3, -0.25) is 0 Å². The molecule has 0 bridgehead atoms. The molecule has 0 atom stereocenters. The SMILES string of the molecule is CN1CCN(C(=O)N2CCc3cc(Nc4ncc(C(F)(F)F)c(NC5CC5)n4)ccc3C2)CC1. The first-order valence-electron chi connectivity index (χ1n) is 11.6. The molecule has 2 aliphatic heterocycles. The first-order valence-corrected chi connectivity index (χ1v) is 11.6. The van der Waals surface area contributed by atoms with Gasteiger partial charge in [-0.2, -0.15) is 18.2 Å². The van der Waals surface area contributed by atoms with Crippen molar-refractivity contribution in [3.8, 4) is 0 Å². The number of rotatable bonds is 4. The topological polar surface area (TPSA) is 76.6 Å². The molecule has 3 heterocycles. The number of nitrogens with one attached hydrogen (secondary N) is 2. The number of nitrogens with zero attached hydrogens (tertiary/aromatic N) is 5. The summed E-state index contributed by atoms with van der Waals surface area (Å²) in [4.78, 5) is 26.9. The molecule has 1 aromatic carbocycles. The first kappa shape index (κ1) is 22.7. The predicted octanol–water partition coefficient (Wildman–Crippen LogP) is 3.54. The molecule has 1 aromatic heterocycles. The number of alkyl halides is 3. The number of carbonyl (C=O) groups excluding carboxylic acids is 1. The molecule has 1 aliphatic carbocycles. The molecule has 8 nitrogen and oxygen atoms in total. The fraction of sp³-hybridized carbons (Fsp3) is 0.522. The summed E-state index contributed by atoms with van der Waals surface area (Å²) >= 11 is 0. The average molecular weight is 476 g/mol. The smallest absolute Gasteiger partial charge is 0.367 e. The lowest BCUT2D eigenvalue weighted by Crippen LogP contribution is -2.52. The van der Waals surface area contributed by atoms with Gasteiger partial charge in [0.25, 0.3) is 0 Å². The number of aromatic nitrogens is 2. The van der Waals surface area contributed by atoms with Crippen LogP contribution in [0.25, 0.3) is 0 Å². The molecule has 3 aliphatic rings. The van der Waals surface area contributed by atoms with E-state index in [0.717, 1.165) is 56.3 Å². The minimum Gasteiger partial charge on any atom is -0.367 e. The fourth-order valence-corrected chi connectivity index (χ4v) is 4.30. The Bertz CT molecular complexity index is 1070. The Labute approximate surface area is 196 Å². The maximum atomic E-state index is 13.3. The van der Waals surface area contributed by atoms with Crippen molar-refractivity contribution in [2.24, 2.45) is 0 Å². The summed E-state index contributed by atoms with van der Waals surface area (Å²) in [5, 5.41) is 5.89. The van der Waals surface area contributed by atoms with Crippen LogP contribution in [0.15, 0.2) is 24.4 Å². The molecule has 11 heteroatoms. The molecule has 34 heavy (non-hydrogen) atoms. The molecular formula is C23H28F3N7O. The quantitative estimate of drug-likeness (QED) is 0.705. The second-order valence-corrected chi connectivity index (χ2v) is 9.23. The molecule has 0 spiro atoms. The number of fused-ring (bicyclic) bond motifs is 1. The van der Waals surface area contributed by atoms with E-state index in [1.54, 1.807) is 0 Å². The maximum absolute atomic E-state index is 13.3. The lowest BCUT2D eigenvalue weighted by molar-refractivity contribution is -0.137. The Morgan fingerprint density at radius 1 is 1.06 bits per heavy atom. The summed E-state index contributed by atoms with van der Waals surface area (Å²) in [7, 11) is 2.06. The van der Waals surface area contributed by atoms with Gasteiger partial charge >= 0.3 is 12.2 Å². The molecule has 0 unspecified atom stereocenters. The monoisotopic (exact) mass is 475 g/mol. The summed E-state index contributed by atoms with van der Waals surface area (Å²) in [5.74, 6) is -0.0812. The Morgan fingerprint density at radius 2 is 1.82 bits per heavy atom. The van der Waals surface area contributed by atoms with Crippen molar-refractivity contribution in [3.05, 3.63) is 41.1 Å². The molecule has 2 aromatic rings. The largest absolute Gasteiger partial charge is 0.421 e. The first-order chi connectivity index (χ1) is 16.3. The molecule has 0 radical (unpaired) electrons. The lowest BCUT2D eigenvalue weighted by atomic mass is 9.99. The van der Waals surface area contributed by atoms with E-state index < -0.39 is 11.7 Å². The second-order valence-electron chi connectivity index (χ2n) is 9.23. The van der Waals surface area contributed by atoms with Gasteiger partial charge in [0.05, 0.1) is 0 Å². The molecule has 2 amide bonds. The van der Waals surface area contributed by atoms with Gasteiger partial charge in [-0.15, -0.1) is 0 Å². The van der Waals surface area contributed by atoms with Gasteiger partial charge in [-0.05, 0) is 49.6 Å². The minimum absolute atomic E-state index is 0.0316. The van der Waals surface area contributed by atoms with Crippen LogP contribution in [0.4, 0.5) is 35.4 Å². The number of urea groups is 1. The standard InChI is InChI=1S/C23H28F3N7O/c1-31-8-10-32(11-9-31)22(34)33-7-6-15-12-18(3-2-16(15)14-33)29-21-27-13-19(23(24,25)26)20(30-21)28-17-4-5-17/h2-3,12-13,17H,4-11,14H2,1H3,(H2,27,28,29,30). The number of likely N-dealkylation sites (N-methyl/N-ethyl adjacent to an activating group) is 1. The minimum atomic E-state index is -4.52. The van der Waals surface area contributed by atoms with Crippen molar-refractivity contribution < 1.29 is 18.0 Å². The highest BCUT2D eigenvalue weighted by Gasteiger charge is 2.37. The highest BCUT2D eigenvalue weighted by molar-refractivity contribution is 5.75. The zero-order valence-corrected chi connectivity index (χ0v) is 19.0. The summed E-state index contributed by atoms with van der Waals surface area (Å²) in [5.41, 5.74) is 2.02. The molecule has 2 N–H and O–H groups in total. The van der Waals surface area contributed by atoms with Crippen molar-refractivity contribution in [2.45, 2.75) is 38.0 Å². The van der Waals surface area contributed by atoms with E-state index in [1.807, 2.05) is 28.0 Å². The van der Waals surface area contributed by atoms with Gasteiger partial charge in [-0.1, -0.05) is 6.07 Å². The van der Waals surface area contributed by atoms with Crippen LogP contribution in [0.5, 0.6) is 0 Å². The highest BCUT2D eigenvalue weighted by Crippen LogP contribution is 2.36. The predicted molar refractivity (Wildman–Crippen MR) is 122 cm³/mol. The molecule has 1 saturated heterocycles.